The Hall–Kier alpha value is -0.940. The number of nitrogens with one attached hydrogen (secondary N) is 1. The number of sulfone groups is 1. The quantitative estimate of drug-likeness (QED) is 0.376. The van der Waals surface area contributed by atoms with E-state index in [4.69, 9.17) is 5.11 Å². The molecule has 0 amide bonds. The van der Waals surface area contributed by atoms with Gasteiger partial charge in [-0.05, 0) is 38.5 Å². The van der Waals surface area contributed by atoms with Crippen molar-refractivity contribution in [3.8, 4) is 0 Å². The predicted octanol–water partition coefficient (Wildman–Crippen LogP) is 1.91. The molecule has 0 unspecified atom stereocenters. The standard InChI is InChI=1S/C17H26FN3O3S.HI/c1-4-19-16(21-7-8-25(23,24)17(2,3)12-21)20-10-13-5-6-15(18)14(9-13)11-22;/h5-6,9,22H,4,7-8,10-12H2,1-3H3,(H,19,20);1H. The molecule has 0 atom stereocenters. The number of aliphatic hydroxyl groups excluding tert-OH is 1. The van der Waals surface area contributed by atoms with Gasteiger partial charge in [0.15, 0.2) is 15.8 Å². The van der Waals surface area contributed by atoms with Crippen LogP contribution >= 0.6 is 24.0 Å². The first kappa shape index (κ1) is 23.1. The minimum Gasteiger partial charge on any atom is -0.392 e. The largest absolute Gasteiger partial charge is 0.392 e. The van der Waals surface area contributed by atoms with Gasteiger partial charge < -0.3 is 15.3 Å². The molecular weight excluding hydrogens is 472 g/mol. The zero-order valence-electron chi connectivity index (χ0n) is 15.3. The zero-order valence-corrected chi connectivity index (χ0v) is 18.5. The summed E-state index contributed by atoms with van der Waals surface area (Å²) in [5.41, 5.74) is 1.02. The van der Waals surface area contributed by atoms with Crippen molar-refractivity contribution in [1.29, 1.82) is 0 Å². The average Bonchev–Trinajstić information content (AvgIpc) is 2.55. The lowest BCUT2D eigenvalue weighted by Crippen LogP contribution is -2.57. The summed E-state index contributed by atoms with van der Waals surface area (Å²) in [6.07, 6.45) is 0. The number of benzene rings is 1. The van der Waals surface area contributed by atoms with Gasteiger partial charge >= 0.3 is 0 Å². The van der Waals surface area contributed by atoms with Crippen molar-refractivity contribution in [3.63, 3.8) is 0 Å². The van der Waals surface area contributed by atoms with E-state index in [-0.39, 0.29) is 41.9 Å². The molecular formula is C17H27FIN3O3S. The van der Waals surface area contributed by atoms with Crippen molar-refractivity contribution >= 4 is 39.8 Å². The van der Waals surface area contributed by atoms with Gasteiger partial charge in [-0.1, -0.05) is 6.07 Å². The summed E-state index contributed by atoms with van der Waals surface area (Å²) in [7, 11) is -3.12. The Balaban J connectivity index is 0.00000338. The van der Waals surface area contributed by atoms with Gasteiger partial charge in [0.2, 0.25) is 0 Å². The molecule has 2 rings (SSSR count). The van der Waals surface area contributed by atoms with Crippen molar-refractivity contribution in [2.45, 2.75) is 38.7 Å². The molecule has 6 nitrogen and oxygen atoms in total. The van der Waals surface area contributed by atoms with E-state index in [1.165, 1.54) is 6.07 Å². The van der Waals surface area contributed by atoms with Crippen molar-refractivity contribution < 1.29 is 17.9 Å². The molecule has 0 bridgehead atoms. The first-order valence-electron chi connectivity index (χ1n) is 8.34. The van der Waals surface area contributed by atoms with Crippen LogP contribution in [0.5, 0.6) is 0 Å². The molecule has 0 aliphatic carbocycles. The summed E-state index contributed by atoms with van der Waals surface area (Å²) in [6, 6.07) is 4.54. The maximum atomic E-state index is 13.5. The molecule has 1 heterocycles. The highest BCUT2D eigenvalue weighted by Crippen LogP contribution is 2.23. The van der Waals surface area contributed by atoms with Crippen LogP contribution in [0.4, 0.5) is 4.39 Å². The maximum Gasteiger partial charge on any atom is 0.194 e. The number of aliphatic imine (C=N–C) groups is 1. The molecule has 1 aromatic carbocycles. The fraction of sp³-hybridized carbons (Fsp3) is 0.588. The normalized spacial score (nSPS) is 19.0. The predicted molar refractivity (Wildman–Crippen MR) is 112 cm³/mol. The Labute approximate surface area is 171 Å². The molecule has 0 spiro atoms. The zero-order chi connectivity index (χ0) is 18.7. The van der Waals surface area contributed by atoms with Gasteiger partial charge in [-0.15, -0.1) is 24.0 Å². The fourth-order valence-corrected chi connectivity index (χ4v) is 4.13. The van der Waals surface area contributed by atoms with Crippen LogP contribution in [0.2, 0.25) is 0 Å². The summed E-state index contributed by atoms with van der Waals surface area (Å²) in [4.78, 5) is 6.50. The maximum absolute atomic E-state index is 13.5. The summed E-state index contributed by atoms with van der Waals surface area (Å²) in [5.74, 6) is 0.292. The first-order chi connectivity index (χ1) is 11.7. The smallest absolute Gasteiger partial charge is 0.194 e. The molecule has 0 saturated carbocycles. The van der Waals surface area contributed by atoms with Crippen molar-refractivity contribution in [2.75, 3.05) is 25.4 Å². The van der Waals surface area contributed by atoms with Gasteiger partial charge in [0, 0.05) is 25.2 Å². The Kier molecular flexibility index (Phi) is 8.28. The number of guanidine groups is 1. The molecule has 0 radical (unpaired) electrons. The number of rotatable bonds is 4. The third-order valence-corrected chi connectivity index (χ3v) is 6.90. The second-order valence-electron chi connectivity index (χ2n) is 6.75. The number of nitrogens with zero attached hydrogens (tertiary/aromatic N) is 2. The Bertz CT molecular complexity index is 754. The molecule has 1 aliphatic heterocycles. The van der Waals surface area contributed by atoms with Crippen LogP contribution in [0.1, 0.15) is 31.9 Å². The lowest BCUT2D eigenvalue weighted by molar-refractivity contribution is 0.275. The van der Waals surface area contributed by atoms with Gasteiger partial charge in [0.05, 0.1) is 23.7 Å². The molecule has 1 aliphatic rings. The molecule has 26 heavy (non-hydrogen) atoms. The van der Waals surface area contributed by atoms with Crippen LogP contribution in [0, 0.1) is 5.82 Å². The van der Waals surface area contributed by atoms with Gasteiger partial charge in [-0.3, -0.25) is 0 Å². The third-order valence-electron chi connectivity index (χ3n) is 4.37. The summed E-state index contributed by atoms with van der Waals surface area (Å²) >= 11 is 0. The SMILES string of the molecule is CCNC(=NCc1ccc(F)c(CO)c1)N1CCS(=O)(=O)C(C)(C)C1.I. The van der Waals surface area contributed by atoms with Crippen LogP contribution in [0.3, 0.4) is 0 Å². The highest BCUT2D eigenvalue weighted by Gasteiger charge is 2.40. The van der Waals surface area contributed by atoms with Crippen LogP contribution < -0.4 is 5.32 Å². The van der Waals surface area contributed by atoms with Crippen LogP contribution in [0.25, 0.3) is 0 Å². The van der Waals surface area contributed by atoms with Crippen LogP contribution in [-0.4, -0.2) is 54.5 Å². The van der Waals surface area contributed by atoms with Gasteiger partial charge in [0.1, 0.15) is 5.82 Å². The van der Waals surface area contributed by atoms with E-state index in [1.807, 2.05) is 11.8 Å². The minimum atomic E-state index is -3.12. The molecule has 1 aromatic rings. The summed E-state index contributed by atoms with van der Waals surface area (Å²) < 4.78 is 37.0. The van der Waals surface area contributed by atoms with Crippen molar-refractivity contribution in [2.24, 2.45) is 4.99 Å². The molecule has 1 saturated heterocycles. The van der Waals surface area contributed by atoms with Gasteiger partial charge in [0.25, 0.3) is 0 Å². The Morgan fingerprint density at radius 1 is 1.42 bits per heavy atom. The molecule has 9 heteroatoms. The van der Waals surface area contributed by atoms with Gasteiger partial charge in [-0.2, -0.15) is 0 Å². The number of hydrogen-bond donors (Lipinski definition) is 2. The molecule has 2 N–H and O–H groups in total. The second kappa shape index (κ2) is 9.32. The van der Waals surface area contributed by atoms with E-state index >= 15 is 0 Å². The Morgan fingerprint density at radius 2 is 2.12 bits per heavy atom. The summed E-state index contributed by atoms with van der Waals surface area (Å²) in [5, 5.41) is 12.3. The monoisotopic (exact) mass is 499 g/mol. The van der Waals surface area contributed by atoms with Crippen molar-refractivity contribution in [3.05, 3.63) is 35.1 Å². The summed E-state index contributed by atoms with van der Waals surface area (Å²) in [6.45, 7) is 6.78. The highest BCUT2D eigenvalue weighted by molar-refractivity contribution is 14.0. The second-order valence-corrected chi connectivity index (χ2v) is 9.50. The number of halogens is 2. The third kappa shape index (κ3) is 5.29. The molecule has 0 aromatic heterocycles. The highest BCUT2D eigenvalue weighted by atomic mass is 127. The average molecular weight is 499 g/mol. The Morgan fingerprint density at radius 3 is 2.69 bits per heavy atom. The molecule has 1 fully saturated rings. The number of hydrogen-bond acceptors (Lipinski definition) is 4. The van der Waals surface area contributed by atoms with E-state index < -0.39 is 20.4 Å². The minimum absolute atomic E-state index is 0. The van der Waals surface area contributed by atoms with E-state index in [2.05, 4.69) is 10.3 Å². The fourth-order valence-electron chi connectivity index (χ4n) is 2.76. The van der Waals surface area contributed by atoms with Gasteiger partial charge in [-0.25, -0.2) is 17.8 Å². The van der Waals surface area contributed by atoms with E-state index in [0.717, 1.165) is 5.56 Å². The van der Waals surface area contributed by atoms with E-state index in [9.17, 15) is 12.8 Å². The first-order valence-corrected chi connectivity index (χ1v) is 9.99. The lowest BCUT2D eigenvalue weighted by atomic mass is 10.1. The van der Waals surface area contributed by atoms with Crippen molar-refractivity contribution in [1.82, 2.24) is 10.2 Å². The van der Waals surface area contributed by atoms with E-state index in [0.29, 0.717) is 32.1 Å². The van der Waals surface area contributed by atoms with Crippen LogP contribution in [-0.2, 0) is 23.0 Å². The lowest BCUT2D eigenvalue weighted by Gasteiger charge is -2.39. The molecule has 148 valence electrons. The van der Waals surface area contributed by atoms with E-state index in [1.54, 1.807) is 26.0 Å². The van der Waals surface area contributed by atoms with Crippen LogP contribution in [0.15, 0.2) is 23.2 Å². The number of aliphatic hydroxyl groups is 1. The topological polar surface area (TPSA) is 82.0 Å².